The van der Waals surface area contributed by atoms with Crippen LogP contribution in [-0.4, -0.2) is 19.2 Å². The van der Waals surface area contributed by atoms with Crippen molar-refractivity contribution in [1.82, 2.24) is 0 Å². The summed E-state index contributed by atoms with van der Waals surface area (Å²) in [5, 5.41) is 12.4. The normalized spacial score (nSPS) is 13.2. The molecule has 4 rings (SSSR count). The monoisotopic (exact) mass is 398 g/mol. The SMILES string of the molecule is N#Cc1ccccc1-c1ccc(CN=C(N)Nc2ccc3c(c2)OCCCO3)cc1. The van der Waals surface area contributed by atoms with Gasteiger partial charge in [0, 0.05) is 18.2 Å². The van der Waals surface area contributed by atoms with Crippen LogP contribution in [0.5, 0.6) is 11.5 Å². The zero-order valence-electron chi connectivity index (χ0n) is 16.5. The highest BCUT2D eigenvalue weighted by Gasteiger charge is 2.11. The van der Waals surface area contributed by atoms with Crippen LogP contribution in [0.2, 0.25) is 0 Å². The molecule has 0 saturated heterocycles. The van der Waals surface area contributed by atoms with Gasteiger partial charge in [-0.25, -0.2) is 4.99 Å². The Bertz CT molecular complexity index is 1100. The summed E-state index contributed by atoms with van der Waals surface area (Å²) in [6.45, 7) is 1.74. The number of nitriles is 1. The lowest BCUT2D eigenvalue weighted by Gasteiger charge is -2.11. The Kier molecular flexibility index (Phi) is 5.81. The average molecular weight is 398 g/mol. The summed E-state index contributed by atoms with van der Waals surface area (Å²) >= 11 is 0. The third-order valence-corrected chi connectivity index (χ3v) is 4.76. The molecule has 30 heavy (non-hydrogen) atoms. The zero-order valence-corrected chi connectivity index (χ0v) is 16.5. The summed E-state index contributed by atoms with van der Waals surface area (Å²) in [6, 6.07) is 23.4. The van der Waals surface area contributed by atoms with E-state index < -0.39 is 0 Å². The van der Waals surface area contributed by atoms with Gasteiger partial charge in [0.2, 0.25) is 0 Å². The lowest BCUT2D eigenvalue weighted by Crippen LogP contribution is -2.22. The molecule has 1 heterocycles. The molecule has 0 aliphatic carbocycles. The number of nitrogens with one attached hydrogen (secondary N) is 1. The molecule has 0 aromatic heterocycles. The molecule has 6 nitrogen and oxygen atoms in total. The molecule has 1 aliphatic heterocycles. The van der Waals surface area contributed by atoms with Gasteiger partial charge in [0.05, 0.1) is 31.4 Å². The van der Waals surface area contributed by atoms with Gasteiger partial charge >= 0.3 is 0 Å². The fraction of sp³-hybridized carbons (Fsp3) is 0.167. The van der Waals surface area contributed by atoms with Crippen molar-refractivity contribution >= 4 is 11.6 Å². The van der Waals surface area contributed by atoms with Crippen molar-refractivity contribution in [3.63, 3.8) is 0 Å². The second kappa shape index (κ2) is 9.01. The van der Waals surface area contributed by atoms with E-state index in [-0.39, 0.29) is 0 Å². The molecular weight excluding hydrogens is 376 g/mol. The molecule has 150 valence electrons. The summed E-state index contributed by atoms with van der Waals surface area (Å²) < 4.78 is 11.3. The quantitative estimate of drug-likeness (QED) is 0.504. The van der Waals surface area contributed by atoms with Gasteiger partial charge in [-0.3, -0.25) is 0 Å². The minimum atomic E-state index is 0.323. The standard InChI is InChI=1S/C24H22N4O2/c25-15-19-4-1-2-5-21(19)18-8-6-17(7-9-18)16-27-24(26)28-20-10-11-22-23(14-20)30-13-3-12-29-22/h1-2,4-11,14H,3,12-13,16H2,(H3,26,27,28). The Hall–Kier alpha value is -3.98. The Morgan fingerprint density at radius 1 is 1.00 bits per heavy atom. The van der Waals surface area contributed by atoms with Crippen LogP contribution in [0.3, 0.4) is 0 Å². The van der Waals surface area contributed by atoms with Crippen molar-refractivity contribution in [2.45, 2.75) is 13.0 Å². The van der Waals surface area contributed by atoms with Crippen LogP contribution >= 0.6 is 0 Å². The van der Waals surface area contributed by atoms with Gasteiger partial charge in [-0.2, -0.15) is 5.26 Å². The number of hydrogen-bond acceptors (Lipinski definition) is 4. The van der Waals surface area contributed by atoms with Gasteiger partial charge in [-0.05, 0) is 34.9 Å². The van der Waals surface area contributed by atoms with E-state index in [9.17, 15) is 5.26 Å². The zero-order chi connectivity index (χ0) is 20.8. The minimum absolute atomic E-state index is 0.323. The lowest BCUT2D eigenvalue weighted by atomic mass is 9.99. The Morgan fingerprint density at radius 2 is 1.77 bits per heavy atom. The van der Waals surface area contributed by atoms with E-state index in [1.54, 1.807) is 0 Å². The van der Waals surface area contributed by atoms with Crippen molar-refractivity contribution in [1.29, 1.82) is 5.26 Å². The molecule has 3 N–H and O–H groups in total. The number of fused-ring (bicyclic) bond motifs is 1. The van der Waals surface area contributed by atoms with Gasteiger partial charge in [0.1, 0.15) is 0 Å². The maximum absolute atomic E-state index is 9.28. The van der Waals surface area contributed by atoms with Gasteiger partial charge < -0.3 is 20.5 Å². The lowest BCUT2D eigenvalue weighted by molar-refractivity contribution is 0.297. The van der Waals surface area contributed by atoms with E-state index in [0.29, 0.717) is 37.0 Å². The van der Waals surface area contributed by atoms with Crippen LogP contribution in [0.15, 0.2) is 71.7 Å². The number of benzene rings is 3. The molecule has 0 bridgehead atoms. The Balaban J connectivity index is 1.41. The number of hydrogen-bond donors (Lipinski definition) is 2. The van der Waals surface area contributed by atoms with Crippen LogP contribution in [0.25, 0.3) is 11.1 Å². The highest BCUT2D eigenvalue weighted by molar-refractivity contribution is 5.92. The largest absolute Gasteiger partial charge is 0.490 e. The second-order valence-corrected chi connectivity index (χ2v) is 6.89. The predicted molar refractivity (Wildman–Crippen MR) is 118 cm³/mol. The van der Waals surface area contributed by atoms with Gasteiger partial charge in [-0.15, -0.1) is 0 Å². The summed E-state index contributed by atoms with van der Waals surface area (Å²) in [4.78, 5) is 4.42. The van der Waals surface area contributed by atoms with Gasteiger partial charge in [0.25, 0.3) is 0 Å². The summed E-state index contributed by atoms with van der Waals surface area (Å²) in [5.41, 5.74) is 10.4. The van der Waals surface area contributed by atoms with Crippen LogP contribution in [0, 0.1) is 11.3 Å². The highest BCUT2D eigenvalue weighted by atomic mass is 16.5. The molecule has 0 fully saturated rings. The number of nitrogens with zero attached hydrogens (tertiary/aromatic N) is 2. The Morgan fingerprint density at radius 3 is 2.57 bits per heavy atom. The molecular formula is C24H22N4O2. The molecule has 0 atom stereocenters. The first-order chi connectivity index (χ1) is 14.7. The third kappa shape index (κ3) is 4.53. The predicted octanol–water partition coefficient (Wildman–Crippen LogP) is 4.31. The first-order valence-corrected chi connectivity index (χ1v) is 9.78. The molecule has 0 radical (unpaired) electrons. The first kappa shape index (κ1) is 19.3. The van der Waals surface area contributed by atoms with Crippen LogP contribution in [0.1, 0.15) is 17.5 Å². The Labute approximate surface area is 175 Å². The molecule has 0 amide bonds. The number of nitrogens with two attached hydrogens (primary N) is 1. The molecule has 3 aromatic carbocycles. The second-order valence-electron chi connectivity index (χ2n) is 6.89. The van der Waals surface area contributed by atoms with E-state index in [0.717, 1.165) is 34.5 Å². The van der Waals surface area contributed by atoms with E-state index in [4.69, 9.17) is 15.2 Å². The van der Waals surface area contributed by atoms with Crippen LogP contribution in [-0.2, 0) is 6.54 Å². The number of anilines is 1. The van der Waals surface area contributed by atoms with E-state index in [2.05, 4.69) is 16.4 Å². The number of rotatable bonds is 4. The van der Waals surface area contributed by atoms with Crippen molar-refractivity contribution < 1.29 is 9.47 Å². The smallest absolute Gasteiger partial charge is 0.193 e. The fourth-order valence-corrected chi connectivity index (χ4v) is 3.23. The van der Waals surface area contributed by atoms with Crippen LogP contribution < -0.4 is 20.5 Å². The fourth-order valence-electron chi connectivity index (χ4n) is 3.23. The van der Waals surface area contributed by atoms with Crippen molar-refractivity contribution in [2.75, 3.05) is 18.5 Å². The third-order valence-electron chi connectivity index (χ3n) is 4.76. The van der Waals surface area contributed by atoms with E-state index >= 15 is 0 Å². The first-order valence-electron chi connectivity index (χ1n) is 9.78. The topological polar surface area (TPSA) is 92.7 Å². The number of guanidine groups is 1. The maximum atomic E-state index is 9.28. The summed E-state index contributed by atoms with van der Waals surface area (Å²) in [5.74, 6) is 1.77. The minimum Gasteiger partial charge on any atom is -0.490 e. The maximum Gasteiger partial charge on any atom is 0.193 e. The summed E-state index contributed by atoms with van der Waals surface area (Å²) in [6.07, 6.45) is 0.863. The molecule has 1 aliphatic rings. The number of aliphatic imine (C=N–C) groups is 1. The van der Waals surface area contributed by atoms with Crippen LogP contribution in [0.4, 0.5) is 5.69 Å². The molecule has 0 saturated carbocycles. The van der Waals surface area contributed by atoms with E-state index in [1.807, 2.05) is 66.7 Å². The van der Waals surface area contributed by atoms with Crippen molar-refractivity contribution in [2.24, 2.45) is 10.7 Å². The summed E-state index contributed by atoms with van der Waals surface area (Å²) in [7, 11) is 0. The number of ether oxygens (including phenoxy) is 2. The molecule has 0 spiro atoms. The van der Waals surface area contributed by atoms with Crippen molar-refractivity contribution in [3.8, 4) is 28.7 Å². The average Bonchev–Trinajstić information content (AvgIpc) is 3.03. The van der Waals surface area contributed by atoms with Gasteiger partial charge in [0.15, 0.2) is 17.5 Å². The van der Waals surface area contributed by atoms with E-state index in [1.165, 1.54) is 0 Å². The highest BCUT2D eigenvalue weighted by Crippen LogP contribution is 2.32. The van der Waals surface area contributed by atoms with Gasteiger partial charge in [-0.1, -0.05) is 42.5 Å². The molecule has 3 aromatic rings. The van der Waals surface area contributed by atoms with Crippen molar-refractivity contribution in [3.05, 3.63) is 77.9 Å². The molecule has 6 heteroatoms. The molecule has 0 unspecified atom stereocenters.